The smallest absolute Gasteiger partial charge is 0.264 e. The number of carbonyl (C=O) groups is 1. The minimum Gasteiger partial charge on any atom is -0.497 e. The molecule has 0 saturated heterocycles. The molecule has 32 heavy (non-hydrogen) atoms. The molecule has 0 aliphatic heterocycles. The maximum absolute atomic E-state index is 12.9. The summed E-state index contributed by atoms with van der Waals surface area (Å²) >= 11 is 1.18. The number of methoxy groups -OCH3 is 1. The van der Waals surface area contributed by atoms with Crippen molar-refractivity contribution in [2.24, 2.45) is 0 Å². The van der Waals surface area contributed by atoms with E-state index in [4.69, 9.17) is 9.47 Å². The lowest BCUT2D eigenvalue weighted by Crippen LogP contribution is -2.31. The third-order valence-corrected chi connectivity index (χ3v) is 7.10. The number of benzene rings is 2. The van der Waals surface area contributed by atoms with Gasteiger partial charge in [0.2, 0.25) is 10.0 Å². The Morgan fingerprint density at radius 1 is 1.12 bits per heavy atom. The lowest BCUT2D eigenvalue weighted by Gasteiger charge is -2.18. The Morgan fingerprint density at radius 3 is 2.41 bits per heavy atom. The summed E-state index contributed by atoms with van der Waals surface area (Å²) in [5, 5.41) is 3.03. The second kappa shape index (κ2) is 10.4. The minimum absolute atomic E-state index is 0.137. The molecular formula is C22H23N3O5S2. The number of fused-ring (bicyclic) bond motifs is 1. The number of sulfonamides is 1. The lowest BCUT2D eigenvalue weighted by atomic mass is 10.3. The first kappa shape index (κ1) is 23.5. The molecule has 0 unspecified atom stereocenters. The molecule has 1 aromatic heterocycles. The molecule has 2 aromatic carbocycles. The average molecular weight is 474 g/mol. The van der Waals surface area contributed by atoms with Gasteiger partial charge in [-0.05, 0) is 42.5 Å². The molecule has 10 heteroatoms. The molecule has 0 bridgehead atoms. The maximum atomic E-state index is 12.9. The number of rotatable bonds is 11. The molecule has 0 fully saturated rings. The van der Waals surface area contributed by atoms with Gasteiger partial charge in [0.15, 0.2) is 11.7 Å². The van der Waals surface area contributed by atoms with Crippen molar-refractivity contribution in [1.29, 1.82) is 0 Å². The number of thiazole rings is 1. The standard InChI is InChI=1S/C22H23N3O5S2/c1-4-12-25(13-5-2)32(27,28)18-10-11-19-20(14-18)31-22(23-19)24-21(26)15-30-17-8-6-16(29-3)7-9-17/h4-11,14H,1-2,12-13,15H2,3H3,(H,23,24,26). The van der Waals surface area contributed by atoms with Crippen LogP contribution in [0.15, 0.2) is 72.7 Å². The Kier molecular flexibility index (Phi) is 7.62. The molecular weight excluding hydrogens is 450 g/mol. The molecule has 0 radical (unpaired) electrons. The predicted molar refractivity (Wildman–Crippen MR) is 126 cm³/mol. The van der Waals surface area contributed by atoms with Gasteiger partial charge in [-0.3, -0.25) is 10.1 Å². The van der Waals surface area contributed by atoms with Gasteiger partial charge >= 0.3 is 0 Å². The van der Waals surface area contributed by atoms with Gasteiger partial charge < -0.3 is 9.47 Å². The number of hydrogen-bond donors (Lipinski definition) is 1. The molecule has 1 amide bonds. The Hall–Kier alpha value is -3.21. The topological polar surface area (TPSA) is 97.8 Å². The highest BCUT2D eigenvalue weighted by molar-refractivity contribution is 7.89. The molecule has 0 spiro atoms. The summed E-state index contributed by atoms with van der Waals surface area (Å²) in [6.45, 7) is 7.36. The Bertz CT molecular complexity index is 1210. The molecule has 0 aliphatic carbocycles. The normalized spacial score (nSPS) is 11.3. The van der Waals surface area contributed by atoms with Crippen LogP contribution in [-0.4, -0.2) is 50.4 Å². The van der Waals surface area contributed by atoms with Crippen LogP contribution in [0.1, 0.15) is 0 Å². The van der Waals surface area contributed by atoms with Crippen molar-refractivity contribution in [2.75, 3.05) is 32.1 Å². The van der Waals surface area contributed by atoms with E-state index in [1.165, 1.54) is 33.9 Å². The molecule has 168 valence electrons. The monoisotopic (exact) mass is 473 g/mol. The molecule has 0 saturated carbocycles. The van der Waals surface area contributed by atoms with Crippen molar-refractivity contribution >= 4 is 42.6 Å². The molecule has 3 rings (SSSR count). The third-order valence-electron chi connectivity index (χ3n) is 4.34. The molecule has 0 aliphatic rings. The molecule has 1 N–H and O–H groups in total. The van der Waals surface area contributed by atoms with Crippen LogP contribution in [0.25, 0.3) is 10.2 Å². The van der Waals surface area contributed by atoms with Gasteiger partial charge in [0.1, 0.15) is 11.5 Å². The number of anilines is 1. The van der Waals surface area contributed by atoms with Gasteiger partial charge in [-0.1, -0.05) is 23.5 Å². The van der Waals surface area contributed by atoms with Crippen LogP contribution in [-0.2, 0) is 14.8 Å². The zero-order chi connectivity index (χ0) is 23.1. The van der Waals surface area contributed by atoms with Crippen LogP contribution in [0.5, 0.6) is 11.5 Å². The van der Waals surface area contributed by atoms with Crippen LogP contribution >= 0.6 is 11.3 Å². The van der Waals surface area contributed by atoms with Crippen molar-refractivity contribution in [3.63, 3.8) is 0 Å². The largest absolute Gasteiger partial charge is 0.497 e. The van der Waals surface area contributed by atoms with E-state index in [2.05, 4.69) is 23.5 Å². The summed E-state index contributed by atoms with van der Waals surface area (Å²) in [6, 6.07) is 11.5. The number of hydrogen-bond acceptors (Lipinski definition) is 7. The SMILES string of the molecule is C=CCN(CC=C)S(=O)(=O)c1ccc2nc(NC(=O)COc3ccc(OC)cc3)sc2c1. The fourth-order valence-electron chi connectivity index (χ4n) is 2.80. The zero-order valence-corrected chi connectivity index (χ0v) is 19.1. The third kappa shape index (κ3) is 5.52. The van der Waals surface area contributed by atoms with E-state index in [0.29, 0.717) is 26.8 Å². The first-order valence-electron chi connectivity index (χ1n) is 9.56. The first-order chi connectivity index (χ1) is 15.4. The summed E-state index contributed by atoms with van der Waals surface area (Å²) in [4.78, 5) is 16.7. The van der Waals surface area contributed by atoms with Gasteiger partial charge in [0.25, 0.3) is 5.91 Å². The van der Waals surface area contributed by atoms with E-state index in [0.717, 1.165) is 0 Å². The highest BCUT2D eigenvalue weighted by Gasteiger charge is 2.23. The van der Waals surface area contributed by atoms with E-state index in [-0.39, 0.29) is 30.5 Å². The summed E-state index contributed by atoms with van der Waals surface area (Å²) < 4.78 is 38.3. The van der Waals surface area contributed by atoms with Gasteiger partial charge in [-0.25, -0.2) is 13.4 Å². The highest BCUT2D eigenvalue weighted by atomic mass is 32.2. The fourth-order valence-corrected chi connectivity index (χ4v) is 5.21. The van der Waals surface area contributed by atoms with E-state index in [1.807, 2.05) is 0 Å². The van der Waals surface area contributed by atoms with Crippen molar-refractivity contribution in [2.45, 2.75) is 4.90 Å². The van der Waals surface area contributed by atoms with E-state index >= 15 is 0 Å². The van der Waals surface area contributed by atoms with Crippen LogP contribution in [0.3, 0.4) is 0 Å². The van der Waals surface area contributed by atoms with Gasteiger partial charge in [0, 0.05) is 13.1 Å². The van der Waals surface area contributed by atoms with Crippen molar-refractivity contribution in [3.05, 3.63) is 67.8 Å². The summed E-state index contributed by atoms with van der Waals surface area (Å²) in [5.74, 6) is 0.842. The fraction of sp³-hybridized carbons (Fsp3) is 0.182. The number of nitrogens with one attached hydrogen (secondary N) is 1. The second-order valence-corrected chi connectivity index (χ2v) is 9.53. The Labute approximate surface area is 190 Å². The molecule has 3 aromatic rings. The molecule has 1 heterocycles. The zero-order valence-electron chi connectivity index (χ0n) is 17.5. The molecule has 8 nitrogen and oxygen atoms in total. The van der Waals surface area contributed by atoms with Gasteiger partial charge in [-0.15, -0.1) is 13.2 Å². The molecule has 0 atom stereocenters. The Balaban J connectivity index is 1.70. The van der Waals surface area contributed by atoms with E-state index < -0.39 is 10.0 Å². The van der Waals surface area contributed by atoms with Crippen LogP contribution < -0.4 is 14.8 Å². The van der Waals surface area contributed by atoms with Crippen LogP contribution in [0, 0.1) is 0 Å². The first-order valence-corrected chi connectivity index (χ1v) is 11.8. The average Bonchev–Trinajstić information content (AvgIpc) is 3.19. The van der Waals surface area contributed by atoms with E-state index in [9.17, 15) is 13.2 Å². The van der Waals surface area contributed by atoms with Gasteiger partial charge in [0.05, 0.1) is 22.2 Å². The van der Waals surface area contributed by atoms with Crippen LogP contribution in [0.4, 0.5) is 5.13 Å². The highest BCUT2D eigenvalue weighted by Crippen LogP contribution is 2.29. The predicted octanol–water partition coefficient (Wildman–Crippen LogP) is 3.69. The summed E-state index contributed by atoms with van der Waals surface area (Å²) in [6.07, 6.45) is 3.04. The summed E-state index contributed by atoms with van der Waals surface area (Å²) in [5.41, 5.74) is 0.583. The Morgan fingerprint density at radius 2 is 1.78 bits per heavy atom. The van der Waals surface area contributed by atoms with Crippen molar-refractivity contribution in [3.8, 4) is 11.5 Å². The van der Waals surface area contributed by atoms with Crippen LogP contribution in [0.2, 0.25) is 0 Å². The van der Waals surface area contributed by atoms with E-state index in [1.54, 1.807) is 43.5 Å². The number of nitrogens with zero attached hydrogens (tertiary/aromatic N) is 2. The second-order valence-electron chi connectivity index (χ2n) is 6.56. The number of ether oxygens (including phenoxy) is 2. The minimum atomic E-state index is -3.72. The van der Waals surface area contributed by atoms with Crippen molar-refractivity contribution < 1.29 is 22.7 Å². The quantitative estimate of drug-likeness (QED) is 0.427. The van der Waals surface area contributed by atoms with Crippen molar-refractivity contribution in [1.82, 2.24) is 9.29 Å². The van der Waals surface area contributed by atoms with Gasteiger partial charge in [-0.2, -0.15) is 4.31 Å². The lowest BCUT2D eigenvalue weighted by molar-refractivity contribution is -0.118. The number of amides is 1. The maximum Gasteiger partial charge on any atom is 0.264 e. The summed E-state index contributed by atoms with van der Waals surface area (Å²) in [7, 11) is -2.15. The number of aromatic nitrogens is 1. The number of carbonyl (C=O) groups excluding carboxylic acids is 1.